The Bertz CT molecular complexity index is 1200. The fourth-order valence-electron chi connectivity index (χ4n) is 3.16. The molecule has 40 heavy (non-hydrogen) atoms. The van der Waals surface area contributed by atoms with Gasteiger partial charge in [-0.25, -0.2) is 9.78 Å². The van der Waals surface area contributed by atoms with Crippen LogP contribution in [-0.2, 0) is 23.9 Å². The first-order valence-corrected chi connectivity index (χ1v) is 11.5. The second kappa shape index (κ2) is 14.1. The van der Waals surface area contributed by atoms with Crippen molar-refractivity contribution in [2.45, 2.75) is 44.8 Å². The Labute approximate surface area is 223 Å². The number of hydrogen-bond donors (Lipinski definition) is 3. The Hall–Kier alpha value is -4.37. The molecule has 1 aromatic carbocycles. The van der Waals surface area contributed by atoms with Crippen LogP contribution in [0.25, 0.3) is 0 Å². The van der Waals surface area contributed by atoms with Gasteiger partial charge >= 0.3 is 24.5 Å². The van der Waals surface area contributed by atoms with Gasteiger partial charge in [-0.2, -0.15) is 13.2 Å². The highest BCUT2D eigenvalue weighted by molar-refractivity contribution is 5.89. The molecule has 1 unspecified atom stereocenters. The van der Waals surface area contributed by atoms with Gasteiger partial charge in [0.15, 0.2) is 0 Å². The Morgan fingerprint density at radius 3 is 2.38 bits per heavy atom. The lowest BCUT2D eigenvalue weighted by atomic mass is 10.0. The third-order valence-electron chi connectivity index (χ3n) is 4.89. The van der Waals surface area contributed by atoms with Crippen molar-refractivity contribution in [3.05, 3.63) is 53.7 Å². The van der Waals surface area contributed by atoms with E-state index in [2.05, 4.69) is 30.4 Å². The number of nitrogens with one attached hydrogen (secondary N) is 3. The molecule has 0 saturated carbocycles. The molecule has 0 aliphatic rings. The number of anilines is 1. The lowest BCUT2D eigenvalue weighted by Gasteiger charge is -2.20. The number of rotatable bonds is 12. The molecule has 0 saturated heterocycles. The van der Waals surface area contributed by atoms with Crippen LogP contribution < -0.4 is 20.7 Å². The van der Waals surface area contributed by atoms with Gasteiger partial charge in [0.05, 0.1) is 19.0 Å². The van der Waals surface area contributed by atoms with Crippen LogP contribution in [0.5, 0.6) is 5.75 Å². The molecule has 0 bridgehead atoms. The third-order valence-corrected chi connectivity index (χ3v) is 4.89. The van der Waals surface area contributed by atoms with Gasteiger partial charge in [0.2, 0.25) is 11.8 Å². The number of aryl methyl sites for hydroxylation is 1. The van der Waals surface area contributed by atoms with Gasteiger partial charge in [0.1, 0.15) is 11.6 Å². The van der Waals surface area contributed by atoms with Gasteiger partial charge < -0.3 is 25.4 Å². The fourth-order valence-corrected chi connectivity index (χ4v) is 3.16. The topological polar surface area (TPSA) is 136 Å². The average Bonchev–Trinajstić information content (AvgIpc) is 2.83. The number of benzene rings is 1. The van der Waals surface area contributed by atoms with E-state index in [1.807, 2.05) is 13.0 Å². The highest BCUT2D eigenvalue weighted by Gasteiger charge is 2.42. The molecule has 1 aromatic heterocycles. The number of halogens is 6. The van der Waals surface area contributed by atoms with Crippen LogP contribution in [0.15, 0.2) is 42.6 Å². The standard InChI is InChI=1S/C24H24F6N4O6/c1-14-7-9-32-18(10-14)31-8-3-6-19(35)33-13-20(36)34-17(12-21(37)39-22(38)23(25,26)27)15-4-2-5-16(11-15)40-24(28,29)30/h2,4-5,7,9-11,17H,3,6,8,12-13H2,1H3,(H,31,32)(H,33,35)(H,34,36). The molecular formula is C24H24F6N4O6. The van der Waals surface area contributed by atoms with Gasteiger partial charge in [-0.05, 0) is 48.7 Å². The monoisotopic (exact) mass is 578 g/mol. The van der Waals surface area contributed by atoms with Crippen LogP contribution >= 0.6 is 0 Å². The van der Waals surface area contributed by atoms with E-state index in [1.165, 1.54) is 0 Å². The Morgan fingerprint density at radius 2 is 1.73 bits per heavy atom. The average molecular weight is 578 g/mol. The maximum atomic E-state index is 12.6. The van der Waals surface area contributed by atoms with Crippen LogP contribution in [0.2, 0.25) is 0 Å². The van der Waals surface area contributed by atoms with Crippen LogP contribution in [0.4, 0.5) is 32.2 Å². The number of aromatic nitrogens is 1. The van der Waals surface area contributed by atoms with Crippen molar-refractivity contribution in [2.24, 2.45) is 0 Å². The SMILES string of the molecule is Cc1ccnc(NCCCC(=O)NCC(=O)NC(CC(=O)OC(=O)C(F)(F)F)c2cccc(OC(F)(F)F)c2)c1. The van der Waals surface area contributed by atoms with E-state index in [9.17, 15) is 45.5 Å². The first-order chi connectivity index (χ1) is 18.6. The van der Waals surface area contributed by atoms with Gasteiger partial charge in [-0.3, -0.25) is 14.4 Å². The first kappa shape index (κ1) is 31.8. The molecule has 218 valence electrons. The number of esters is 2. The number of pyridine rings is 1. The molecule has 0 aliphatic heterocycles. The van der Waals surface area contributed by atoms with E-state index in [4.69, 9.17) is 0 Å². The minimum Gasteiger partial charge on any atom is -0.406 e. The first-order valence-electron chi connectivity index (χ1n) is 11.5. The van der Waals surface area contributed by atoms with Gasteiger partial charge in [0, 0.05) is 19.2 Å². The molecule has 2 aromatic rings. The van der Waals surface area contributed by atoms with Crippen molar-refractivity contribution < 1.29 is 55.0 Å². The number of alkyl halides is 6. The molecule has 0 radical (unpaired) electrons. The summed E-state index contributed by atoms with van der Waals surface area (Å²) in [6, 6.07) is 6.00. The smallest absolute Gasteiger partial charge is 0.406 e. The zero-order valence-electron chi connectivity index (χ0n) is 20.8. The number of nitrogens with zero attached hydrogens (tertiary/aromatic N) is 1. The highest BCUT2D eigenvalue weighted by atomic mass is 19.4. The predicted molar refractivity (Wildman–Crippen MR) is 125 cm³/mol. The molecular weight excluding hydrogens is 554 g/mol. The summed E-state index contributed by atoms with van der Waals surface area (Å²) in [5.74, 6) is -6.11. The quantitative estimate of drug-likeness (QED) is 0.151. The molecule has 1 heterocycles. The molecule has 3 N–H and O–H groups in total. The maximum Gasteiger partial charge on any atom is 0.573 e. The zero-order chi connectivity index (χ0) is 29.9. The molecule has 2 amide bonds. The van der Waals surface area contributed by atoms with E-state index in [0.29, 0.717) is 18.8 Å². The Morgan fingerprint density at radius 1 is 1.00 bits per heavy atom. The maximum absolute atomic E-state index is 12.6. The molecule has 0 spiro atoms. The van der Waals surface area contributed by atoms with Gasteiger partial charge in [-0.1, -0.05) is 12.1 Å². The van der Waals surface area contributed by atoms with E-state index in [0.717, 1.165) is 29.8 Å². The molecule has 2 rings (SSSR count). The van der Waals surface area contributed by atoms with E-state index >= 15 is 0 Å². The number of ether oxygens (including phenoxy) is 2. The van der Waals surface area contributed by atoms with Crippen molar-refractivity contribution in [3.8, 4) is 5.75 Å². The van der Waals surface area contributed by atoms with E-state index < -0.39 is 61.0 Å². The van der Waals surface area contributed by atoms with Crippen LogP contribution in [0.3, 0.4) is 0 Å². The predicted octanol–water partition coefficient (Wildman–Crippen LogP) is 3.48. The molecule has 16 heteroatoms. The van der Waals surface area contributed by atoms with Crippen LogP contribution in [-0.4, -0.2) is 54.4 Å². The minimum absolute atomic E-state index is 0.0121. The largest absolute Gasteiger partial charge is 0.573 e. The summed E-state index contributed by atoms with van der Waals surface area (Å²) in [4.78, 5) is 51.4. The molecule has 10 nitrogen and oxygen atoms in total. The molecule has 1 atom stereocenters. The summed E-state index contributed by atoms with van der Waals surface area (Å²) < 4.78 is 82.5. The number of carbonyl (C=O) groups excluding carboxylic acids is 4. The van der Waals surface area contributed by atoms with E-state index in [1.54, 1.807) is 12.3 Å². The summed E-state index contributed by atoms with van der Waals surface area (Å²) in [7, 11) is 0. The number of carbonyl (C=O) groups is 4. The Balaban J connectivity index is 1.97. The van der Waals surface area contributed by atoms with Crippen molar-refractivity contribution in [3.63, 3.8) is 0 Å². The number of amides is 2. The number of hydrogen-bond acceptors (Lipinski definition) is 8. The fraction of sp³-hybridized carbons (Fsp3) is 0.375. The summed E-state index contributed by atoms with van der Waals surface area (Å²) in [5, 5.41) is 7.54. The second-order valence-electron chi connectivity index (χ2n) is 8.23. The summed E-state index contributed by atoms with van der Waals surface area (Å²) >= 11 is 0. The summed E-state index contributed by atoms with van der Waals surface area (Å²) in [5.41, 5.74) is 0.799. The van der Waals surface area contributed by atoms with Crippen molar-refractivity contribution in [1.82, 2.24) is 15.6 Å². The second-order valence-corrected chi connectivity index (χ2v) is 8.23. The zero-order valence-corrected chi connectivity index (χ0v) is 20.8. The van der Waals surface area contributed by atoms with Crippen molar-refractivity contribution >= 4 is 29.6 Å². The lowest BCUT2D eigenvalue weighted by molar-refractivity contribution is -0.274. The van der Waals surface area contributed by atoms with Crippen molar-refractivity contribution in [1.29, 1.82) is 0 Å². The van der Waals surface area contributed by atoms with Gasteiger partial charge in [0.25, 0.3) is 0 Å². The van der Waals surface area contributed by atoms with Gasteiger partial charge in [-0.15, -0.1) is 13.2 Å². The highest BCUT2D eigenvalue weighted by Crippen LogP contribution is 2.27. The van der Waals surface area contributed by atoms with Crippen molar-refractivity contribution in [2.75, 3.05) is 18.4 Å². The molecule has 0 aliphatic carbocycles. The minimum atomic E-state index is -5.48. The third kappa shape index (κ3) is 12.0. The normalized spacial score (nSPS) is 12.2. The van der Waals surface area contributed by atoms with Crippen LogP contribution in [0.1, 0.15) is 36.4 Å². The van der Waals surface area contributed by atoms with E-state index in [-0.39, 0.29) is 12.0 Å². The summed E-state index contributed by atoms with van der Waals surface area (Å²) in [6.45, 7) is 1.65. The molecule has 0 fully saturated rings. The lowest BCUT2D eigenvalue weighted by Crippen LogP contribution is -2.39. The Kier molecular flexibility index (Phi) is 11.3. The summed E-state index contributed by atoms with van der Waals surface area (Å²) in [6.07, 6.45) is -9.62. The van der Waals surface area contributed by atoms with Crippen LogP contribution in [0, 0.1) is 6.92 Å².